The van der Waals surface area contributed by atoms with E-state index in [4.69, 9.17) is 0 Å². The first kappa shape index (κ1) is 21.7. The molecule has 3 aromatic carbocycles. The number of rotatable bonds is 6. The second-order valence-electron chi connectivity index (χ2n) is 8.01. The average Bonchev–Trinajstić information content (AvgIpc) is 3.40. The summed E-state index contributed by atoms with van der Waals surface area (Å²) in [6, 6.07) is 24.2. The molecule has 2 heterocycles. The van der Waals surface area contributed by atoms with Gasteiger partial charge in [-0.05, 0) is 36.8 Å². The van der Waals surface area contributed by atoms with Crippen LogP contribution in [0.15, 0.2) is 90.3 Å². The van der Waals surface area contributed by atoms with Crippen LogP contribution in [0.4, 0.5) is 10.8 Å². The summed E-state index contributed by atoms with van der Waals surface area (Å²) in [5, 5.41) is 2.36. The Bertz CT molecular complexity index is 1330. The number of thiazole rings is 1. The lowest BCUT2D eigenvalue weighted by Crippen LogP contribution is -2.51. The first-order valence-electron chi connectivity index (χ1n) is 10.9. The van der Waals surface area contributed by atoms with E-state index >= 15 is 0 Å². The third-order valence-corrected chi connectivity index (χ3v) is 6.67. The Hall–Kier alpha value is -4.10. The van der Waals surface area contributed by atoms with Gasteiger partial charge >= 0.3 is 0 Å². The largest absolute Gasteiger partial charge is 0.272 e. The van der Waals surface area contributed by atoms with Gasteiger partial charge in [0.1, 0.15) is 6.04 Å². The highest BCUT2D eigenvalue weighted by atomic mass is 32.1. The number of hydrogen-bond donors (Lipinski definition) is 0. The molecule has 0 aliphatic carbocycles. The van der Waals surface area contributed by atoms with Crippen molar-refractivity contribution in [2.75, 3.05) is 4.90 Å². The maximum atomic E-state index is 14.2. The highest BCUT2D eigenvalue weighted by molar-refractivity contribution is 7.14. The number of anilines is 2. The first-order chi connectivity index (χ1) is 16.5. The van der Waals surface area contributed by atoms with Crippen molar-refractivity contribution in [3.63, 3.8) is 0 Å². The molecule has 7 heteroatoms. The predicted molar refractivity (Wildman–Crippen MR) is 131 cm³/mol. The van der Waals surface area contributed by atoms with Crippen molar-refractivity contribution in [1.82, 2.24) is 9.88 Å². The Morgan fingerprint density at radius 2 is 1.44 bits per heavy atom. The van der Waals surface area contributed by atoms with E-state index in [1.54, 1.807) is 24.3 Å². The van der Waals surface area contributed by atoms with Gasteiger partial charge in [-0.3, -0.25) is 24.2 Å². The number of amides is 3. The van der Waals surface area contributed by atoms with Crippen LogP contribution in [0.25, 0.3) is 0 Å². The van der Waals surface area contributed by atoms with E-state index in [0.717, 1.165) is 16.2 Å². The van der Waals surface area contributed by atoms with Gasteiger partial charge in [0, 0.05) is 11.8 Å². The molecule has 0 radical (unpaired) electrons. The third-order valence-electron chi connectivity index (χ3n) is 5.73. The van der Waals surface area contributed by atoms with E-state index in [1.807, 2.05) is 73.0 Å². The van der Waals surface area contributed by atoms with Crippen LogP contribution in [0.1, 0.15) is 32.0 Å². The van der Waals surface area contributed by atoms with E-state index in [2.05, 4.69) is 4.98 Å². The summed E-state index contributed by atoms with van der Waals surface area (Å²) < 4.78 is 0. The Balaban J connectivity index is 1.61. The smallest absolute Gasteiger partial charge is 0.262 e. The monoisotopic (exact) mass is 467 g/mol. The van der Waals surface area contributed by atoms with Gasteiger partial charge in [-0.25, -0.2) is 4.98 Å². The van der Waals surface area contributed by atoms with Crippen molar-refractivity contribution in [3.8, 4) is 0 Å². The number of aryl methyl sites for hydroxylation is 1. The van der Waals surface area contributed by atoms with E-state index < -0.39 is 17.9 Å². The van der Waals surface area contributed by atoms with Crippen molar-refractivity contribution < 1.29 is 14.4 Å². The summed E-state index contributed by atoms with van der Waals surface area (Å²) in [5.74, 6) is -1.31. The number of nitrogens with zero attached hydrogens (tertiary/aromatic N) is 3. The first-order valence-corrected chi connectivity index (χ1v) is 11.7. The fourth-order valence-electron chi connectivity index (χ4n) is 4.12. The molecule has 6 nitrogen and oxygen atoms in total. The van der Waals surface area contributed by atoms with Gasteiger partial charge < -0.3 is 0 Å². The lowest BCUT2D eigenvalue weighted by atomic mass is 10.0. The maximum Gasteiger partial charge on any atom is 0.262 e. The predicted octanol–water partition coefficient (Wildman–Crippen LogP) is 5.02. The maximum absolute atomic E-state index is 14.2. The molecule has 0 N–H and O–H groups in total. The summed E-state index contributed by atoms with van der Waals surface area (Å²) in [4.78, 5) is 48.1. The van der Waals surface area contributed by atoms with E-state index in [0.29, 0.717) is 21.9 Å². The highest BCUT2D eigenvalue weighted by Gasteiger charge is 2.44. The van der Waals surface area contributed by atoms with Crippen LogP contribution in [0, 0.1) is 6.92 Å². The summed E-state index contributed by atoms with van der Waals surface area (Å²) in [6.07, 6.45) is 0.193. The molecule has 3 amide bonds. The minimum absolute atomic E-state index is 0.193. The van der Waals surface area contributed by atoms with Crippen LogP contribution in [-0.2, 0) is 11.2 Å². The molecule has 0 saturated heterocycles. The summed E-state index contributed by atoms with van der Waals surface area (Å²) >= 11 is 1.34. The van der Waals surface area contributed by atoms with E-state index in [9.17, 15) is 14.4 Å². The number of imide groups is 1. The van der Waals surface area contributed by atoms with E-state index in [-0.39, 0.29) is 12.3 Å². The zero-order chi connectivity index (χ0) is 23.7. The molecule has 0 spiro atoms. The number of carbonyl (C=O) groups excluding carboxylic acids is 3. The fraction of sp³-hybridized carbons (Fsp3) is 0.111. The lowest BCUT2D eigenvalue weighted by Gasteiger charge is -2.30. The molecule has 168 valence electrons. The molecule has 0 bridgehead atoms. The quantitative estimate of drug-likeness (QED) is 0.373. The van der Waals surface area contributed by atoms with Crippen molar-refractivity contribution in [1.29, 1.82) is 0 Å². The number of hydrogen-bond acceptors (Lipinski definition) is 5. The molecule has 1 aromatic heterocycles. The van der Waals surface area contributed by atoms with Gasteiger partial charge in [-0.1, -0.05) is 60.7 Å². The van der Waals surface area contributed by atoms with Crippen LogP contribution in [0.2, 0.25) is 0 Å². The number of benzene rings is 3. The number of carbonyl (C=O) groups is 3. The summed E-state index contributed by atoms with van der Waals surface area (Å²) in [6.45, 7) is 1.86. The molecule has 34 heavy (non-hydrogen) atoms. The van der Waals surface area contributed by atoms with Gasteiger partial charge in [-0.2, -0.15) is 0 Å². The second kappa shape index (κ2) is 9.03. The Morgan fingerprint density at radius 3 is 2.00 bits per heavy atom. The fourth-order valence-corrected chi connectivity index (χ4v) is 4.95. The minimum atomic E-state index is -1.04. The number of para-hydroxylation sites is 1. The van der Waals surface area contributed by atoms with Gasteiger partial charge in [0.05, 0.1) is 22.5 Å². The Morgan fingerprint density at radius 1 is 0.882 bits per heavy atom. The van der Waals surface area contributed by atoms with Crippen LogP contribution in [-0.4, -0.2) is 33.6 Å². The van der Waals surface area contributed by atoms with Gasteiger partial charge in [-0.15, -0.1) is 11.3 Å². The van der Waals surface area contributed by atoms with Gasteiger partial charge in [0.25, 0.3) is 17.7 Å². The molecule has 1 atom stereocenters. The van der Waals surface area contributed by atoms with Gasteiger partial charge in [0.2, 0.25) is 0 Å². The Kier molecular flexibility index (Phi) is 5.77. The minimum Gasteiger partial charge on any atom is -0.272 e. The van der Waals surface area contributed by atoms with Crippen molar-refractivity contribution in [2.45, 2.75) is 19.4 Å². The van der Waals surface area contributed by atoms with Crippen molar-refractivity contribution >= 4 is 39.9 Å². The number of fused-ring (bicyclic) bond motifs is 1. The summed E-state index contributed by atoms with van der Waals surface area (Å²) in [7, 11) is 0. The molecule has 0 saturated carbocycles. The highest BCUT2D eigenvalue weighted by Crippen LogP contribution is 2.33. The van der Waals surface area contributed by atoms with Crippen molar-refractivity contribution in [3.05, 3.63) is 113 Å². The van der Waals surface area contributed by atoms with Crippen LogP contribution in [0.5, 0.6) is 0 Å². The molecule has 0 fully saturated rings. The summed E-state index contributed by atoms with van der Waals surface area (Å²) in [5.41, 5.74) is 2.88. The SMILES string of the molecule is Cc1csc(N(C(=O)[C@H](Cc2ccccc2)N2C(=O)c3ccccc3C2=O)c2ccccc2)n1. The van der Waals surface area contributed by atoms with Crippen LogP contribution >= 0.6 is 11.3 Å². The van der Waals surface area contributed by atoms with Gasteiger partial charge in [0.15, 0.2) is 5.13 Å². The Labute approximate surface area is 201 Å². The zero-order valence-electron chi connectivity index (χ0n) is 18.4. The zero-order valence-corrected chi connectivity index (χ0v) is 19.2. The average molecular weight is 468 g/mol. The molecule has 5 rings (SSSR count). The normalized spacial score (nSPS) is 13.6. The molecule has 1 aliphatic rings. The van der Waals surface area contributed by atoms with Crippen LogP contribution < -0.4 is 4.90 Å². The van der Waals surface area contributed by atoms with E-state index in [1.165, 1.54) is 16.2 Å². The third kappa shape index (κ3) is 3.91. The topological polar surface area (TPSA) is 70.6 Å². The van der Waals surface area contributed by atoms with Crippen LogP contribution in [0.3, 0.4) is 0 Å². The molecule has 0 unspecified atom stereocenters. The molecular formula is C27H21N3O3S. The molecule has 4 aromatic rings. The number of aromatic nitrogens is 1. The lowest BCUT2D eigenvalue weighted by molar-refractivity contribution is -0.121. The second-order valence-corrected chi connectivity index (χ2v) is 8.85. The standard InChI is InChI=1S/C27H21N3O3S/c1-18-17-34-27(28-18)29(20-12-6-3-7-13-20)26(33)23(16-19-10-4-2-5-11-19)30-24(31)21-14-8-9-15-22(21)25(30)32/h2-15,17,23H,16H2,1H3/t23-/m0/s1. The molecule has 1 aliphatic heterocycles. The molecular weight excluding hydrogens is 446 g/mol. The van der Waals surface area contributed by atoms with Crippen molar-refractivity contribution in [2.24, 2.45) is 0 Å².